The van der Waals surface area contributed by atoms with Crippen LogP contribution in [0.1, 0.15) is 39.5 Å². The molecule has 0 fully saturated rings. The summed E-state index contributed by atoms with van der Waals surface area (Å²) in [6.07, 6.45) is 6.49. The van der Waals surface area contributed by atoms with Crippen LogP contribution < -0.4 is 10.1 Å². The van der Waals surface area contributed by atoms with Crippen LogP contribution in [-0.2, 0) is 0 Å². The molecular formula is C12H20BrN3O. The van der Waals surface area contributed by atoms with E-state index < -0.39 is 0 Å². The van der Waals surface area contributed by atoms with Crippen molar-refractivity contribution in [2.75, 3.05) is 18.5 Å². The normalized spacial score (nSPS) is 10.3. The number of rotatable bonds is 8. The molecule has 0 aromatic carbocycles. The fourth-order valence-corrected chi connectivity index (χ4v) is 1.70. The molecule has 1 aromatic rings. The molecule has 0 spiro atoms. The number of hydrogen-bond donors (Lipinski definition) is 1. The minimum atomic E-state index is 0.610. The third-order valence-electron chi connectivity index (χ3n) is 2.28. The number of aromatic nitrogens is 2. The Morgan fingerprint density at radius 1 is 1.29 bits per heavy atom. The maximum Gasteiger partial charge on any atom is 0.232 e. The first-order valence-corrected chi connectivity index (χ1v) is 6.96. The summed E-state index contributed by atoms with van der Waals surface area (Å²) >= 11 is 3.39. The van der Waals surface area contributed by atoms with Crippen molar-refractivity contribution >= 4 is 21.9 Å². The van der Waals surface area contributed by atoms with Gasteiger partial charge in [0.1, 0.15) is 0 Å². The Morgan fingerprint density at radius 2 is 2.12 bits per heavy atom. The Morgan fingerprint density at radius 3 is 2.82 bits per heavy atom. The molecule has 0 atom stereocenters. The van der Waals surface area contributed by atoms with Crippen LogP contribution >= 0.6 is 15.9 Å². The highest BCUT2D eigenvalue weighted by atomic mass is 79.9. The second kappa shape index (κ2) is 8.28. The average molecular weight is 302 g/mol. The largest absolute Gasteiger partial charge is 0.477 e. The first-order valence-electron chi connectivity index (χ1n) is 6.17. The molecule has 0 aliphatic rings. The lowest BCUT2D eigenvalue weighted by atomic mass is 10.2. The smallest absolute Gasteiger partial charge is 0.232 e. The molecular weight excluding hydrogens is 282 g/mol. The van der Waals surface area contributed by atoms with Crippen LogP contribution in [-0.4, -0.2) is 23.1 Å². The average Bonchev–Trinajstić information content (AvgIpc) is 2.33. The summed E-state index contributed by atoms with van der Waals surface area (Å²) in [5.41, 5.74) is 0. The van der Waals surface area contributed by atoms with Gasteiger partial charge in [0.05, 0.1) is 17.3 Å². The van der Waals surface area contributed by atoms with Gasteiger partial charge in [-0.2, -0.15) is 4.98 Å². The van der Waals surface area contributed by atoms with E-state index in [1.165, 1.54) is 19.3 Å². The molecule has 1 heterocycles. The first-order chi connectivity index (χ1) is 8.27. The van der Waals surface area contributed by atoms with Crippen LogP contribution in [0.15, 0.2) is 10.7 Å². The highest BCUT2D eigenvalue weighted by Crippen LogP contribution is 2.22. The van der Waals surface area contributed by atoms with Crippen molar-refractivity contribution in [3.8, 4) is 5.88 Å². The minimum Gasteiger partial charge on any atom is -0.477 e. The van der Waals surface area contributed by atoms with Gasteiger partial charge in [-0.15, -0.1) is 0 Å². The molecule has 96 valence electrons. The lowest BCUT2D eigenvalue weighted by Gasteiger charge is -2.08. The standard InChI is InChI=1S/C12H20BrN3O/c1-3-5-6-7-8-17-11-10(13)9-15-12(16-11)14-4-2/h9H,3-8H2,1-2H3,(H,14,15,16). The molecule has 0 unspecified atom stereocenters. The minimum absolute atomic E-state index is 0.610. The van der Waals surface area contributed by atoms with E-state index in [4.69, 9.17) is 4.74 Å². The van der Waals surface area contributed by atoms with Gasteiger partial charge in [0, 0.05) is 6.54 Å². The van der Waals surface area contributed by atoms with Crippen LogP contribution in [0.2, 0.25) is 0 Å². The molecule has 0 aliphatic carbocycles. The number of ether oxygens (including phenoxy) is 1. The highest BCUT2D eigenvalue weighted by molar-refractivity contribution is 9.10. The second-order valence-electron chi connectivity index (χ2n) is 3.79. The zero-order chi connectivity index (χ0) is 12.5. The summed E-state index contributed by atoms with van der Waals surface area (Å²) in [5.74, 6) is 1.23. The Hall–Kier alpha value is -0.840. The molecule has 17 heavy (non-hydrogen) atoms. The van der Waals surface area contributed by atoms with E-state index in [-0.39, 0.29) is 0 Å². The molecule has 0 bridgehead atoms. The SMILES string of the molecule is CCCCCCOc1nc(NCC)ncc1Br. The molecule has 0 saturated carbocycles. The Kier molecular flexibility index (Phi) is 6.93. The quantitative estimate of drug-likeness (QED) is 0.745. The van der Waals surface area contributed by atoms with Crippen molar-refractivity contribution in [1.82, 2.24) is 9.97 Å². The van der Waals surface area contributed by atoms with Crippen molar-refractivity contribution < 1.29 is 4.74 Å². The molecule has 5 heteroatoms. The van der Waals surface area contributed by atoms with Gasteiger partial charge in [-0.1, -0.05) is 26.2 Å². The van der Waals surface area contributed by atoms with E-state index in [9.17, 15) is 0 Å². The lowest BCUT2D eigenvalue weighted by Crippen LogP contribution is -2.05. The van der Waals surface area contributed by atoms with Gasteiger partial charge in [-0.25, -0.2) is 4.98 Å². The summed E-state index contributed by atoms with van der Waals surface area (Å²) in [7, 11) is 0. The van der Waals surface area contributed by atoms with E-state index in [0.717, 1.165) is 17.4 Å². The summed E-state index contributed by atoms with van der Waals surface area (Å²) < 4.78 is 6.43. The van der Waals surface area contributed by atoms with Gasteiger partial charge >= 0.3 is 0 Å². The number of halogens is 1. The molecule has 4 nitrogen and oxygen atoms in total. The predicted molar refractivity (Wildman–Crippen MR) is 73.5 cm³/mol. The van der Waals surface area contributed by atoms with E-state index >= 15 is 0 Å². The second-order valence-corrected chi connectivity index (χ2v) is 4.64. The van der Waals surface area contributed by atoms with Crippen molar-refractivity contribution in [2.24, 2.45) is 0 Å². The van der Waals surface area contributed by atoms with Crippen LogP contribution in [0.4, 0.5) is 5.95 Å². The van der Waals surface area contributed by atoms with E-state index in [0.29, 0.717) is 18.4 Å². The molecule has 0 aliphatic heterocycles. The van der Waals surface area contributed by atoms with Crippen molar-refractivity contribution in [3.05, 3.63) is 10.7 Å². The zero-order valence-electron chi connectivity index (χ0n) is 10.5. The topological polar surface area (TPSA) is 47.0 Å². The Bertz CT molecular complexity index is 334. The number of anilines is 1. The van der Waals surface area contributed by atoms with Gasteiger partial charge < -0.3 is 10.1 Å². The number of nitrogens with one attached hydrogen (secondary N) is 1. The predicted octanol–water partition coefficient (Wildman–Crippen LogP) is 3.63. The summed E-state index contributed by atoms with van der Waals surface area (Å²) in [6, 6.07) is 0. The van der Waals surface area contributed by atoms with Crippen LogP contribution in [0, 0.1) is 0 Å². The summed E-state index contributed by atoms with van der Waals surface area (Å²) in [4.78, 5) is 8.43. The monoisotopic (exact) mass is 301 g/mol. The van der Waals surface area contributed by atoms with Gasteiger partial charge in [-0.3, -0.25) is 0 Å². The van der Waals surface area contributed by atoms with Gasteiger partial charge in [-0.05, 0) is 29.3 Å². The number of unbranched alkanes of at least 4 members (excludes halogenated alkanes) is 3. The maximum absolute atomic E-state index is 5.63. The van der Waals surface area contributed by atoms with E-state index in [1.807, 2.05) is 6.92 Å². The molecule has 1 aromatic heterocycles. The first kappa shape index (κ1) is 14.2. The maximum atomic E-state index is 5.63. The molecule has 1 N–H and O–H groups in total. The van der Waals surface area contributed by atoms with Crippen molar-refractivity contribution in [1.29, 1.82) is 0 Å². The van der Waals surface area contributed by atoms with Crippen molar-refractivity contribution in [3.63, 3.8) is 0 Å². The number of hydrogen-bond acceptors (Lipinski definition) is 4. The Balaban J connectivity index is 2.42. The summed E-state index contributed by atoms with van der Waals surface area (Å²) in [5, 5.41) is 3.06. The van der Waals surface area contributed by atoms with Crippen molar-refractivity contribution in [2.45, 2.75) is 39.5 Å². The fourth-order valence-electron chi connectivity index (χ4n) is 1.39. The van der Waals surface area contributed by atoms with Gasteiger partial charge in [0.15, 0.2) is 0 Å². The lowest BCUT2D eigenvalue weighted by molar-refractivity contribution is 0.292. The third kappa shape index (κ3) is 5.35. The van der Waals surface area contributed by atoms with E-state index in [2.05, 4.69) is 38.1 Å². The van der Waals surface area contributed by atoms with Gasteiger partial charge in [0.2, 0.25) is 11.8 Å². The van der Waals surface area contributed by atoms with Crippen LogP contribution in [0.3, 0.4) is 0 Å². The molecule has 0 radical (unpaired) electrons. The zero-order valence-corrected chi connectivity index (χ0v) is 12.1. The summed E-state index contributed by atoms with van der Waals surface area (Å²) in [6.45, 7) is 5.72. The fraction of sp³-hybridized carbons (Fsp3) is 0.667. The van der Waals surface area contributed by atoms with Crippen LogP contribution in [0.5, 0.6) is 5.88 Å². The molecule has 1 rings (SSSR count). The Labute approximate surface area is 111 Å². The van der Waals surface area contributed by atoms with Gasteiger partial charge in [0.25, 0.3) is 0 Å². The van der Waals surface area contributed by atoms with E-state index in [1.54, 1.807) is 6.20 Å². The molecule has 0 amide bonds. The molecule has 0 saturated heterocycles. The highest BCUT2D eigenvalue weighted by Gasteiger charge is 2.05. The number of nitrogens with zero attached hydrogens (tertiary/aromatic N) is 2. The van der Waals surface area contributed by atoms with Crippen LogP contribution in [0.25, 0.3) is 0 Å². The third-order valence-corrected chi connectivity index (χ3v) is 2.83.